The molecule has 1 aliphatic heterocycles. The first-order valence-electron chi connectivity index (χ1n) is 9.97. The highest BCUT2D eigenvalue weighted by atomic mass is 19.1. The summed E-state index contributed by atoms with van der Waals surface area (Å²) in [4.78, 5) is 16.1. The van der Waals surface area contributed by atoms with Crippen molar-refractivity contribution in [3.05, 3.63) is 64.9 Å². The van der Waals surface area contributed by atoms with Gasteiger partial charge in [0.15, 0.2) is 0 Å². The molecule has 4 nitrogen and oxygen atoms in total. The number of amides is 1. The van der Waals surface area contributed by atoms with Crippen molar-refractivity contribution < 1.29 is 18.3 Å². The first-order chi connectivity index (χ1) is 13.9. The summed E-state index contributed by atoms with van der Waals surface area (Å²) in [6, 6.07) is 8.75. The maximum Gasteiger partial charge on any atom is 0.226 e. The molecule has 1 amide bonds. The normalized spacial score (nSPS) is 19.5. The van der Waals surface area contributed by atoms with E-state index < -0.39 is 0 Å². The largest absolute Gasteiger partial charge is 0.487 e. The highest BCUT2D eigenvalue weighted by Crippen LogP contribution is 2.48. The SMILES string of the molecule is Cc1c(CC(=O)NC2CC3(CCC3)Oc3ccc(F)cc32)[nH]c2ccc(F)cc12. The molecule has 1 unspecified atom stereocenters. The molecular formula is C23H22F2N2O2. The third-order valence-electron chi connectivity index (χ3n) is 6.31. The molecule has 1 spiro atoms. The lowest BCUT2D eigenvalue weighted by atomic mass is 9.73. The molecule has 29 heavy (non-hydrogen) atoms. The van der Waals surface area contributed by atoms with Gasteiger partial charge in [-0.05, 0) is 68.1 Å². The number of hydrogen-bond acceptors (Lipinski definition) is 2. The molecule has 2 aromatic carbocycles. The second-order valence-electron chi connectivity index (χ2n) is 8.24. The second-order valence-corrected chi connectivity index (χ2v) is 8.24. The molecule has 0 radical (unpaired) electrons. The summed E-state index contributed by atoms with van der Waals surface area (Å²) in [5, 5.41) is 3.85. The molecule has 5 rings (SSSR count). The van der Waals surface area contributed by atoms with Crippen LogP contribution in [-0.4, -0.2) is 16.5 Å². The predicted octanol–water partition coefficient (Wildman–Crippen LogP) is 4.86. The number of aryl methyl sites for hydroxylation is 1. The van der Waals surface area contributed by atoms with Gasteiger partial charge in [0.25, 0.3) is 0 Å². The van der Waals surface area contributed by atoms with E-state index in [4.69, 9.17) is 4.74 Å². The Balaban J connectivity index is 1.39. The zero-order valence-electron chi connectivity index (χ0n) is 16.1. The van der Waals surface area contributed by atoms with Gasteiger partial charge in [0.2, 0.25) is 5.91 Å². The lowest BCUT2D eigenvalue weighted by Crippen LogP contribution is -2.50. The van der Waals surface area contributed by atoms with E-state index in [0.29, 0.717) is 17.7 Å². The lowest BCUT2D eigenvalue weighted by Gasteiger charge is -2.48. The molecule has 0 bridgehead atoms. The van der Waals surface area contributed by atoms with E-state index in [-0.39, 0.29) is 35.6 Å². The quantitative estimate of drug-likeness (QED) is 0.664. The number of carbonyl (C=O) groups is 1. The van der Waals surface area contributed by atoms with Gasteiger partial charge in [-0.15, -0.1) is 0 Å². The number of rotatable bonds is 3. The fraction of sp³-hybridized carbons (Fsp3) is 0.348. The minimum Gasteiger partial charge on any atom is -0.487 e. The average molecular weight is 396 g/mol. The van der Waals surface area contributed by atoms with Gasteiger partial charge < -0.3 is 15.0 Å². The number of fused-ring (bicyclic) bond motifs is 2. The molecule has 1 atom stereocenters. The topological polar surface area (TPSA) is 54.1 Å². The number of H-pyrrole nitrogens is 1. The highest BCUT2D eigenvalue weighted by Gasteiger charge is 2.46. The molecule has 0 saturated heterocycles. The van der Waals surface area contributed by atoms with Crippen LogP contribution in [0.2, 0.25) is 0 Å². The molecule has 2 N–H and O–H groups in total. The van der Waals surface area contributed by atoms with Gasteiger partial charge in [-0.2, -0.15) is 0 Å². The Morgan fingerprint density at radius 2 is 1.97 bits per heavy atom. The number of halogens is 2. The first-order valence-corrected chi connectivity index (χ1v) is 9.97. The number of benzene rings is 2. The Kier molecular flexibility index (Phi) is 4.12. The van der Waals surface area contributed by atoms with Crippen LogP contribution in [0.1, 0.15) is 48.5 Å². The van der Waals surface area contributed by atoms with Crippen molar-refractivity contribution in [3.8, 4) is 5.75 Å². The summed E-state index contributed by atoms with van der Waals surface area (Å²) >= 11 is 0. The number of aromatic amines is 1. The van der Waals surface area contributed by atoms with E-state index in [1.165, 1.54) is 24.3 Å². The van der Waals surface area contributed by atoms with Crippen LogP contribution < -0.4 is 10.1 Å². The van der Waals surface area contributed by atoms with E-state index in [9.17, 15) is 13.6 Å². The maximum absolute atomic E-state index is 13.8. The van der Waals surface area contributed by atoms with Crippen LogP contribution in [0.3, 0.4) is 0 Å². The van der Waals surface area contributed by atoms with Crippen LogP contribution in [0.15, 0.2) is 36.4 Å². The molecule has 2 aliphatic rings. The summed E-state index contributed by atoms with van der Waals surface area (Å²) in [6.07, 6.45) is 3.79. The van der Waals surface area contributed by atoms with Crippen LogP contribution in [-0.2, 0) is 11.2 Å². The van der Waals surface area contributed by atoms with Crippen molar-refractivity contribution in [3.63, 3.8) is 0 Å². The third-order valence-corrected chi connectivity index (χ3v) is 6.31. The van der Waals surface area contributed by atoms with Crippen LogP contribution in [0.4, 0.5) is 8.78 Å². The highest BCUT2D eigenvalue weighted by molar-refractivity contribution is 5.87. The van der Waals surface area contributed by atoms with Crippen molar-refractivity contribution in [2.45, 2.75) is 50.7 Å². The summed E-state index contributed by atoms with van der Waals surface area (Å²) in [5.41, 5.74) is 2.86. The average Bonchev–Trinajstić information content (AvgIpc) is 2.96. The van der Waals surface area contributed by atoms with Crippen molar-refractivity contribution in [1.82, 2.24) is 10.3 Å². The minimum atomic E-state index is -0.343. The van der Waals surface area contributed by atoms with Gasteiger partial charge in [-0.25, -0.2) is 8.78 Å². The number of ether oxygens (including phenoxy) is 1. The van der Waals surface area contributed by atoms with Gasteiger partial charge in [0.05, 0.1) is 12.5 Å². The Labute approximate surface area is 167 Å². The molecule has 150 valence electrons. The van der Waals surface area contributed by atoms with Gasteiger partial charge >= 0.3 is 0 Å². The third kappa shape index (κ3) is 3.16. The summed E-state index contributed by atoms with van der Waals surface area (Å²) in [6.45, 7) is 1.88. The zero-order chi connectivity index (χ0) is 20.2. The van der Waals surface area contributed by atoms with Crippen molar-refractivity contribution in [1.29, 1.82) is 0 Å². The molecule has 6 heteroatoms. The molecular weight excluding hydrogens is 374 g/mol. The van der Waals surface area contributed by atoms with Gasteiger partial charge in [0, 0.05) is 28.6 Å². The minimum absolute atomic E-state index is 0.150. The lowest BCUT2D eigenvalue weighted by molar-refractivity contribution is -0.122. The molecule has 1 fully saturated rings. The fourth-order valence-electron chi connectivity index (χ4n) is 4.58. The van der Waals surface area contributed by atoms with Gasteiger partial charge in [0.1, 0.15) is 23.0 Å². The Morgan fingerprint density at radius 1 is 1.21 bits per heavy atom. The van der Waals surface area contributed by atoms with E-state index in [2.05, 4.69) is 10.3 Å². The van der Waals surface area contributed by atoms with Crippen molar-refractivity contribution in [2.24, 2.45) is 0 Å². The standard InChI is InChI=1S/C23H22F2N2O2/c1-13-16-9-14(24)3-5-18(16)26-19(13)11-22(28)27-20-12-23(7-2-8-23)29-21-6-4-15(25)10-17(20)21/h3-6,9-10,20,26H,2,7-8,11-12H2,1H3,(H,27,28). The van der Waals surface area contributed by atoms with Crippen LogP contribution >= 0.6 is 0 Å². The van der Waals surface area contributed by atoms with Crippen molar-refractivity contribution >= 4 is 16.8 Å². The second kappa shape index (κ2) is 6.58. The molecule has 1 aliphatic carbocycles. The van der Waals surface area contributed by atoms with Crippen molar-refractivity contribution in [2.75, 3.05) is 0 Å². The number of nitrogens with one attached hydrogen (secondary N) is 2. The Hall–Kier alpha value is -2.89. The van der Waals surface area contributed by atoms with Gasteiger partial charge in [-0.3, -0.25) is 4.79 Å². The summed E-state index contributed by atoms with van der Waals surface area (Å²) < 4.78 is 33.5. The number of aromatic nitrogens is 1. The smallest absolute Gasteiger partial charge is 0.226 e. The summed E-state index contributed by atoms with van der Waals surface area (Å²) in [5.74, 6) is -0.150. The number of hydrogen-bond donors (Lipinski definition) is 2. The Morgan fingerprint density at radius 3 is 2.72 bits per heavy atom. The first kappa shape index (κ1) is 18.2. The van der Waals surface area contributed by atoms with E-state index in [1.807, 2.05) is 6.92 Å². The zero-order valence-corrected chi connectivity index (χ0v) is 16.1. The molecule has 2 heterocycles. The Bertz CT molecular complexity index is 1120. The van der Waals surface area contributed by atoms with Crippen LogP contribution in [0.25, 0.3) is 10.9 Å². The maximum atomic E-state index is 13.8. The van der Waals surface area contributed by atoms with Gasteiger partial charge in [-0.1, -0.05) is 0 Å². The van der Waals surface area contributed by atoms with Crippen LogP contribution in [0.5, 0.6) is 5.75 Å². The molecule has 1 saturated carbocycles. The number of carbonyl (C=O) groups excluding carboxylic acids is 1. The van der Waals surface area contributed by atoms with E-state index in [0.717, 1.165) is 41.4 Å². The predicted molar refractivity (Wildman–Crippen MR) is 106 cm³/mol. The summed E-state index contributed by atoms with van der Waals surface area (Å²) in [7, 11) is 0. The monoisotopic (exact) mass is 396 g/mol. The van der Waals surface area contributed by atoms with E-state index in [1.54, 1.807) is 12.1 Å². The molecule has 1 aromatic heterocycles. The van der Waals surface area contributed by atoms with Crippen LogP contribution in [0, 0.1) is 18.6 Å². The van der Waals surface area contributed by atoms with E-state index >= 15 is 0 Å². The molecule has 3 aromatic rings. The fourth-order valence-corrected chi connectivity index (χ4v) is 4.58.